The van der Waals surface area contributed by atoms with Crippen molar-refractivity contribution in [3.05, 3.63) is 52.8 Å². The number of hydrogen-bond acceptors (Lipinski definition) is 2. The van der Waals surface area contributed by atoms with Crippen LogP contribution in [0.25, 0.3) is 0 Å². The molecule has 1 aromatic carbocycles. The Morgan fingerprint density at radius 3 is 2.61 bits per heavy atom. The summed E-state index contributed by atoms with van der Waals surface area (Å²) in [5.41, 5.74) is 4.66. The number of hydrogen-bond donors (Lipinski definition) is 0. The average Bonchev–Trinajstić information content (AvgIpc) is 3.32. The third kappa shape index (κ3) is 3.03. The van der Waals surface area contributed by atoms with Crippen LogP contribution in [-0.2, 0) is 17.9 Å². The molecule has 23 heavy (non-hydrogen) atoms. The fourth-order valence-electron chi connectivity index (χ4n) is 3.41. The molecule has 1 aliphatic carbocycles. The lowest BCUT2D eigenvalue weighted by atomic mass is 10.1. The molecule has 3 rings (SSSR count). The van der Waals surface area contributed by atoms with Crippen LogP contribution < -0.4 is 0 Å². The minimum absolute atomic E-state index is 0.143. The van der Waals surface area contributed by atoms with E-state index in [-0.39, 0.29) is 11.8 Å². The number of rotatable bonds is 5. The molecule has 1 amide bonds. The quantitative estimate of drug-likeness (QED) is 0.850. The molecular formula is C19H25N3O. The molecule has 0 spiro atoms. The summed E-state index contributed by atoms with van der Waals surface area (Å²) < 4.78 is 2.01. The van der Waals surface area contributed by atoms with E-state index in [1.54, 1.807) is 0 Å². The minimum Gasteiger partial charge on any atom is -0.341 e. The maximum atomic E-state index is 12.7. The van der Waals surface area contributed by atoms with Gasteiger partial charge in [-0.25, -0.2) is 0 Å². The van der Waals surface area contributed by atoms with Gasteiger partial charge in [0.25, 0.3) is 0 Å². The van der Waals surface area contributed by atoms with Crippen molar-refractivity contribution in [3.8, 4) is 0 Å². The van der Waals surface area contributed by atoms with E-state index in [1.807, 2.05) is 41.8 Å². The minimum atomic E-state index is 0.143. The van der Waals surface area contributed by atoms with Crippen molar-refractivity contribution in [3.63, 3.8) is 0 Å². The standard InChI is InChI=1S/C19H25N3O/c1-5-22-14(3)18(13(2)20-22)12-21(4)19(23)17-11-16(17)15-9-7-6-8-10-15/h6-10,16-17H,5,11-12H2,1-4H3. The monoisotopic (exact) mass is 311 g/mol. The van der Waals surface area contributed by atoms with E-state index in [0.717, 1.165) is 18.7 Å². The highest BCUT2D eigenvalue weighted by Crippen LogP contribution is 2.48. The number of benzene rings is 1. The van der Waals surface area contributed by atoms with Gasteiger partial charge in [0.1, 0.15) is 0 Å². The van der Waals surface area contributed by atoms with E-state index >= 15 is 0 Å². The first-order chi connectivity index (χ1) is 11.0. The lowest BCUT2D eigenvalue weighted by Crippen LogP contribution is -2.28. The van der Waals surface area contributed by atoms with Crippen LogP contribution in [0.2, 0.25) is 0 Å². The number of amides is 1. The summed E-state index contributed by atoms with van der Waals surface area (Å²) in [4.78, 5) is 14.6. The van der Waals surface area contributed by atoms with E-state index in [0.29, 0.717) is 12.5 Å². The summed E-state index contributed by atoms with van der Waals surface area (Å²) in [6, 6.07) is 10.4. The van der Waals surface area contributed by atoms with Crippen molar-refractivity contribution >= 4 is 5.91 Å². The molecule has 0 bridgehead atoms. The molecule has 1 saturated carbocycles. The summed E-state index contributed by atoms with van der Waals surface area (Å²) in [6.45, 7) is 7.71. The Kier molecular flexibility index (Phi) is 4.24. The Morgan fingerprint density at radius 1 is 1.30 bits per heavy atom. The summed E-state index contributed by atoms with van der Waals surface area (Å²) >= 11 is 0. The molecule has 2 atom stereocenters. The van der Waals surface area contributed by atoms with Crippen LogP contribution in [0.5, 0.6) is 0 Å². The summed E-state index contributed by atoms with van der Waals surface area (Å²) in [7, 11) is 1.91. The van der Waals surface area contributed by atoms with E-state index in [2.05, 4.69) is 31.1 Å². The zero-order valence-electron chi connectivity index (χ0n) is 14.4. The highest BCUT2D eigenvalue weighted by atomic mass is 16.2. The predicted molar refractivity (Wildman–Crippen MR) is 91.1 cm³/mol. The molecule has 4 nitrogen and oxygen atoms in total. The first-order valence-electron chi connectivity index (χ1n) is 8.35. The zero-order chi connectivity index (χ0) is 16.6. The van der Waals surface area contributed by atoms with E-state index in [9.17, 15) is 4.79 Å². The Balaban J connectivity index is 1.67. The summed E-state index contributed by atoms with van der Waals surface area (Å²) in [6.07, 6.45) is 0.972. The Hall–Kier alpha value is -2.10. The van der Waals surface area contributed by atoms with E-state index in [4.69, 9.17) is 0 Å². The van der Waals surface area contributed by atoms with Crippen LogP contribution in [0.4, 0.5) is 0 Å². The van der Waals surface area contributed by atoms with Gasteiger partial charge < -0.3 is 4.90 Å². The second-order valence-electron chi connectivity index (χ2n) is 6.52. The lowest BCUT2D eigenvalue weighted by molar-refractivity contribution is -0.131. The normalized spacial score (nSPS) is 19.7. The molecule has 2 unspecified atom stereocenters. The van der Waals surface area contributed by atoms with Gasteiger partial charge in [-0.1, -0.05) is 30.3 Å². The fraction of sp³-hybridized carbons (Fsp3) is 0.474. The van der Waals surface area contributed by atoms with Gasteiger partial charge in [-0.3, -0.25) is 9.48 Å². The van der Waals surface area contributed by atoms with Crippen LogP contribution in [0.1, 0.15) is 41.8 Å². The number of aryl methyl sites for hydroxylation is 2. The first-order valence-corrected chi connectivity index (χ1v) is 8.35. The highest BCUT2D eigenvalue weighted by molar-refractivity contribution is 5.82. The highest BCUT2D eigenvalue weighted by Gasteiger charge is 2.45. The van der Waals surface area contributed by atoms with E-state index < -0.39 is 0 Å². The third-order valence-corrected chi connectivity index (χ3v) is 4.94. The van der Waals surface area contributed by atoms with Crippen molar-refractivity contribution in [2.75, 3.05) is 7.05 Å². The van der Waals surface area contributed by atoms with Crippen LogP contribution in [0, 0.1) is 19.8 Å². The van der Waals surface area contributed by atoms with Gasteiger partial charge >= 0.3 is 0 Å². The molecule has 0 saturated heterocycles. The number of nitrogens with zero attached hydrogens (tertiary/aromatic N) is 3. The van der Waals surface area contributed by atoms with Crippen molar-refractivity contribution < 1.29 is 4.79 Å². The molecule has 1 aromatic heterocycles. The summed E-state index contributed by atoms with van der Waals surface area (Å²) in [5, 5.41) is 4.54. The molecule has 1 aliphatic rings. The predicted octanol–water partition coefficient (Wildman–Crippen LogP) is 3.28. The van der Waals surface area contributed by atoms with Crippen molar-refractivity contribution in [1.29, 1.82) is 0 Å². The molecule has 0 radical (unpaired) electrons. The smallest absolute Gasteiger partial charge is 0.226 e. The topological polar surface area (TPSA) is 38.1 Å². The summed E-state index contributed by atoms with van der Waals surface area (Å²) in [5.74, 6) is 0.790. The first kappa shape index (κ1) is 15.8. The van der Waals surface area contributed by atoms with Gasteiger partial charge in [-0.2, -0.15) is 5.10 Å². The molecule has 4 heteroatoms. The van der Waals surface area contributed by atoms with E-state index in [1.165, 1.54) is 16.8 Å². The Bertz CT molecular complexity index is 705. The third-order valence-electron chi connectivity index (χ3n) is 4.94. The van der Waals surface area contributed by atoms with Crippen molar-refractivity contribution in [2.45, 2.75) is 46.2 Å². The van der Waals surface area contributed by atoms with Gasteiger partial charge in [-0.15, -0.1) is 0 Å². The maximum Gasteiger partial charge on any atom is 0.226 e. The fourth-order valence-corrected chi connectivity index (χ4v) is 3.41. The van der Waals surface area contributed by atoms with Crippen molar-refractivity contribution in [2.24, 2.45) is 5.92 Å². The van der Waals surface area contributed by atoms with Crippen LogP contribution in [0.3, 0.4) is 0 Å². The number of carbonyl (C=O) groups excluding carboxylic acids is 1. The van der Waals surface area contributed by atoms with Crippen LogP contribution >= 0.6 is 0 Å². The van der Waals surface area contributed by atoms with Crippen LogP contribution in [-0.4, -0.2) is 27.6 Å². The average molecular weight is 311 g/mol. The van der Waals surface area contributed by atoms with Crippen LogP contribution in [0.15, 0.2) is 30.3 Å². The number of carbonyl (C=O) groups is 1. The van der Waals surface area contributed by atoms with Gasteiger partial charge in [0.15, 0.2) is 0 Å². The Morgan fingerprint density at radius 2 is 2.00 bits per heavy atom. The van der Waals surface area contributed by atoms with Gasteiger partial charge in [0.2, 0.25) is 5.91 Å². The lowest BCUT2D eigenvalue weighted by Gasteiger charge is -2.18. The molecule has 2 aromatic rings. The Labute approximate surface area is 138 Å². The molecule has 1 heterocycles. The molecule has 1 fully saturated rings. The SMILES string of the molecule is CCn1nc(C)c(CN(C)C(=O)C2CC2c2ccccc2)c1C. The number of aromatic nitrogens is 2. The second kappa shape index (κ2) is 6.19. The molecule has 122 valence electrons. The molecular weight excluding hydrogens is 286 g/mol. The molecule has 0 aliphatic heterocycles. The van der Waals surface area contributed by atoms with Gasteiger partial charge in [0.05, 0.1) is 5.69 Å². The maximum absolute atomic E-state index is 12.7. The van der Waals surface area contributed by atoms with Crippen molar-refractivity contribution in [1.82, 2.24) is 14.7 Å². The van der Waals surface area contributed by atoms with Gasteiger partial charge in [-0.05, 0) is 38.7 Å². The zero-order valence-corrected chi connectivity index (χ0v) is 14.4. The largest absolute Gasteiger partial charge is 0.341 e. The molecule has 0 N–H and O–H groups in total. The second-order valence-corrected chi connectivity index (χ2v) is 6.52. The van der Waals surface area contributed by atoms with Gasteiger partial charge in [0, 0.05) is 37.3 Å².